The van der Waals surface area contributed by atoms with E-state index in [0.717, 1.165) is 30.1 Å². The average Bonchev–Trinajstić information content (AvgIpc) is 3.05. The van der Waals surface area contributed by atoms with Crippen molar-refractivity contribution >= 4 is 5.71 Å². The number of rotatable bonds is 7. The van der Waals surface area contributed by atoms with Crippen LogP contribution in [-0.2, 0) is 6.54 Å². The molecule has 1 heterocycles. The largest absolute Gasteiger partial charge is 0.404 e. The zero-order chi connectivity index (χ0) is 18.4. The van der Waals surface area contributed by atoms with E-state index in [-0.39, 0.29) is 0 Å². The fraction of sp³-hybridized carbons (Fsp3) is 0.429. The van der Waals surface area contributed by atoms with Crippen molar-refractivity contribution in [2.24, 2.45) is 10.7 Å². The van der Waals surface area contributed by atoms with E-state index in [1.54, 1.807) is 6.20 Å². The molecule has 0 radical (unpaired) electrons. The molecular formula is C21H30N4. The molecule has 1 aromatic heterocycles. The maximum atomic E-state index is 5.87. The Kier molecular flexibility index (Phi) is 6.57. The number of imidazole rings is 1. The highest BCUT2D eigenvalue weighted by Crippen LogP contribution is 2.29. The van der Waals surface area contributed by atoms with Crippen LogP contribution in [0.25, 0.3) is 11.4 Å². The second kappa shape index (κ2) is 8.65. The van der Waals surface area contributed by atoms with E-state index in [4.69, 9.17) is 5.73 Å². The molecule has 0 unspecified atom stereocenters. The van der Waals surface area contributed by atoms with E-state index >= 15 is 0 Å². The summed E-state index contributed by atoms with van der Waals surface area (Å²) < 4.78 is 2.15. The number of allylic oxidation sites excluding steroid dienone is 1. The predicted molar refractivity (Wildman–Crippen MR) is 107 cm³/mol. The van der Waals surface area contributed by atoms with Crippen molar-refractivity contribution in [3.63, 3.8) is 0 Å². The van der Waals surface area contributed by atoms with Gasteiger partial charge in [0.05, 0.1) is 6.54 Å². The molecule has 0 fully saturated rings. The molecule has 4 nitrogen and oxygen atoms in total. The lowest BCUT2D eigenvalue weighted by Crippen LogP contribution is -2.11. The Bertz CT molecular complexity index is 766. The lowest BCUT2D eigenvalue weighted by Gasteiger charge is -2.16. The van der Waals surface area contributed by atoms with E-state index in [0.29, 0.717) is 12.5 Å². The summed E-state index contributed by atoms with van der Waals surface area (Å²) in [6, 6.07) is 6.58. The first-order valence-electron chi connectivity index (χ1n) is 9.02. The number of benzene rings is 1. The van der Waals surface area contributed by atoms with Gasteiger partial charge in [-0.25, -0.2) is 4.98 Å². The topological polar surface area (TPSA) is 56.2 Å². The highest BCUT2D eigenvalue weighted by molar-refractivity contribution is 5.98. The third-order valence-corrected chi connectivity index (χ3v) is 4.36. The van der Waals surface area contributed by atoms with Crippen molar-refractivity contribution < 1.29 is 0 Å². The van der Waals surface area contributed by atoms with Crippen molar-refractivity contribution in [3.05, 3.63) is 53.5 Å². The predicted octanol–water partition coefficient (Wildman–Crippen LogP) is 4.70. The van der Waals surface area contributed by atoms with Gasteiger partial charge < -0.3 is 10.3 Å². The van der Waals surface area contributed by atoms with Crippen LogP contribution in [0.15, 0.2) is 47.4 Å². The van der Waals surface area contributed by atoms with Crippen molar-refractivity contribution in [1.29, 1.82) is 0 Å². The zero-order valence-corrected chi connectivity index (χ0v) is 16.1. The first-order valence-corrected chi connectivity index (χ1v) is 9.02. The van der Waals surface area contributed by atoms with Crippen LogP contribution in [0.2, 0.25) is 0 Å². The number of aliphatic imine (C=N–C) groups is 1. The Hall–Kier alpha value is -2.36. The molecule has 0 amide bonds. The van der Waals surface area contributed by atoms with Gasteiger partial charge in [0.2, 0.25) is 0 Å². The van der Waals surface area contributed by atoms with Gasteiger partial charge in [0.25, 0.3) is 0 Å². The van der Waals surface area contributed by atoms with Crippen molar-refractivity contribution in [2.45, 2.75) is 53.5 Å². The van der Waals surface area contributed by atoms with E-state index in [9.17, 15) is 0 Å². The fourth-order valence-electron chi connectivity index (χ4n) is 2.90. The molecule has 0 aliphatic rings. The van der Waals surface area contributed by atoms with Gasteiger partial charge in [-0.15, -0.1) is 0 Å². The first-order chi connectivity index (χ1) is 12.0. The molecule has 134 valence electrons. The fourth-order valence-corrected chi connectivity index (χ4v) is 2.90. The van der Waals surface area contributed by atoms with E-state index in [1.807, 2.05) is 19.3 Å². The van der Waals surface area contributed by atoms with Gasteiger partial charge in [-0.2, -0.15) is 0 Å². The van der Waals surface area contributed by atoms with Crippen molar-refractivity contribution in [2.75, 3.05) is 6.54 Å². The third-order valence-electron chi connectivity index (χ3n) is 4.36. The third kappa shape index (κ3) is 4.59. The molecule has 25 heavy (non-hydrogen) atoms. The maximum absolute atomic E-state index is 5.87. The Morgan fingerprint density at radius 1 is 1.36 bits per heavy atom. The summed E-state index contributed by atoms with van der Waals surface area (Å²) in [6.07, 6.45) is 6.56. The number of aromatic nitrogens is 2. The molecule has 2 rings (SSSR count). The van der Waals surface area contributed by atoms with Crippen LogP contribution >= 0.6 is 0 Å². The van der Waals surface area contributed by atoms with Gasteiger partial charge in [-0.05, 0) is 31.7 Å². The van der Waals surface area contributed by atoms with Crippen molar-refractivity contribution in [3.8, 4) is 11.4 Å². The summed E-state index contributed by atoms with van der Waals surface area (Å²) in [4.78, 5) is 9.21. The van der Waals surface area contributed by atoms with E-state index in [2.05, 4.69) is 60.4 Å². The van der Waals surface area contributed by atoms with Gasteiger partial charge in [0.1, 0.15) is 5.82 Å². The second-order valence-corrected chi connectivity index (χ2v) is 6.78. The molecule has 0 spiro atoms. The summed E-state index contributed by atoms with van der Waals surface area (Å²) in [5, 5.41) is 0. The van der Waals surface area contributed by atoms with Gasteiger partial charge in [-0.1, -0.05) is 44.5 Å². The molecule has 0 atom stereocenters. The summed E-state index contributed by atoms with van der Waals surface area (Å²) in [5.41, 5.74) is 11.7. The van der Waals surface area contributed by atoms with Crippen LogP contribution in [0.5, 0.6) is 0 Å². The molecule has 0 saturated carbocycles. The number of nitrogens with zero attached hydrogens (tertiary/aromatic N) is 3. The molecule has 0 aliphatic heterocycles. The summed E-state index contributed by atoms with van der Waals surface area (Å²) in [7, 11) is 0. The average molecular weight is 338 g/mol. The van der Waals surface area contributed by atoms with Crippen LogP contribution in [-0.4, -0.2) is 21.8 Å². The van der Waals surface area contributed by atoms with Gasteiger partial charge in [-0.3, -0.25) is 4.99 Å². The SMILES string of the molecule is CCCN=C(C)C(=CN)Cn1ccnc1-c1ccc(C)cc1C(C)C. The Morgan fingerprint density at radius 2 is 2.12 bits per heavy atom. The van der Waals surface area contributed by atoms with Crippen LogP contribution < -0.4 is 5.73 Å². The standard InChI is InChI=1S/C21H30N4/c1-6-9-23-17(5)18(13-22)14-25-11-10-24-21(25)19-8-7-16(4)12-20(19)15(2)3/h7-8,10-13,15H,6,9,14,22H2,1-5H3. The highest BCUT2D eigenvalue weighted by Gasteiger charge is 2.14. The monoisotopic (exact) mass is 338 g/mol. The minimum Gasteiger partial charge on any atom is -0.404 e. The molecule has 0 aliphatic carbocycles. The minimum absolute atomic E-state index is 0.442. The smallest absolute Gasteiger partial charge is 0.140 e. The van der Waals surface area contributed by atoms with E-state index in [1.165, 1.54) is 16.7 Å². The molecular weight excluding hydrogens is 308 g/mol. The van der Waals surface area contributed by atoms with Crippen LogP contribution in [0.3, 0.4) is 0 Å². The first kappa shape index (κ1) is 19.0. The second-order valence-electron chi connectivity index (χ2n) is 6.78. The number of aryl methyl sites for hydroxylation is 1. The zero-order valence-electron chi connectivity index (χ0n) is 16.1. The Morgan fingerprint density at radius 3 is 2.76 bits per heavy atom. The molecule has 4 heteroatoms. The summed E-state index contributed by atoms with van der Waals surface area (Å²) in [6.45, 7) is 12.2. The number of hydrogen-bond donors (Lipinski definition) is 1. The molecule has 2 aromatic rings. The molecule has 0 bridgehead atoms. The highest BCUT2D eigenvalue weighted by atomic mass is 15.1. The summed E-state index contributed by atoms with van der Waals surface area (Å²) >= 11 is 0. The van der Waals surface area contributed by atoms with Crippen LogP contribution in [0.1, 0.15) is 51.2 Å². The minimum atomic E-state index is 0.442. The van der Waals surface area contributed by atoms with Gasteiger partial charge >= 0.3 is 0 Å². The van der Waals surface area contributed by atoms with E-state index < -0.39 is 0 Å². The Balaban J connectivity index is 2.39. The summed E-state index contributed by atoms with van der Waals surface area (Å²) in [5.74, 6) is 1.42. The lowest BCUT2D eigenvalue weighted by atomic mass is 9.95. The number of nitrogens with two attached hydrogens (primary N) is 1. The number of hydrogen-bond acceptors (Lipinski definition) is 3. The molecule has 1 aromatic carbocycles. The van der Waals surface area contributed by atoms with Gasteiger partial charge in [0, 0.05) is 42.0 Å². The normalized spacial score (nSPS) is 12.9. The van der Waals surface area contributed by atoms with Crippen molar-refractivity contribution in [1.82, 2.24) is 9.55 Å². The van der Waals surface area contributed by atoms with Crippen LogP contribution in [0.4, 0.5) is 0 Å². The molecule has 0 saturated heterocycles. The van der Waals surface area contributed by atoms with Crippen LogP contribution in [0, 0.1) is 6.92 Å². The maximum Gasteiger partial charge on any atom is 0.140 e. The quantitative estimate of drug-likeness (QED) is 0.744. The lowest BCUT2D eigenvalue weighted by molar-refractivity contribution is 0.800. The Labute approximate surface area is 151 Å². The van der Waals surface area contributed by atoms with Gasteiger partial charge in [0.15, 0.2) is 0 Å². The molecule has 2 N–H and O–H groups in total.